The Bertz CT molecular complexity index is 239. The van der Waals surface area contributed by atoms with Gasteiger partial charge in [0.2, 0.25) is 5.91 Å². The average Bonchev–Trinajstić information content (AvgIpc) is 2.95. The van der Waals surface area contributed by atoms with Gasteiger partial charge in [-0.3, -0.25) is 4.79 Å². The van der Waals surface area contributed by atoms with E-state index in [0.29, 0.717) is 5.41 Å². The van der Waals surface area contributed by atoms with Gasteiger partial charge in [0.25, 0.3) is 0 Å². The van der Waals surface area contributed by atoms with Crippen LogP contribution >= 0.6 is 0 Å². The molecule has 1 aliphatic rings. The lowest BCUT2D eigenvalue weighted by molar-refractivity contribution is -0.135. The molecule has 1 fully saturated rings. The Morgan fingerprint density at radius 1 is 1.60 bits per heavy atom. The van der Waals surface area contributed by atoms with Gasteiger partial charge < -0.3 is 15.4 Å². The van der Waals surface area contributed by atoms with E-state index in [1.165, 1.54) is 12.8 Å². The lowest BCUT2D eigenvalue weighted by atomic mass is 9.99. The molecule has 0 aliphatic heterocycles. The number of carbonyl (C=O) groups excluding carboxylic acids is 1. The fourth-order valence-corrected chi connectivity index (χ4v) is 1.79. The zero-order valence-corrected chi connectivity index (χ0v) is 10.1. The third-order valence-electron chi connectivity index (χ3n) is 3.64. The molecule has 0 aromatic heterocycles. The number of likely N-dealkylation sites (N-methyl/N-ethyl adjacent to an activating group) is 1. The van der Waals surface area contributed by atoms with Crippen LogP contribution in [0.3, 0.4) is 0 Å². The summed E-state index contributed by atoms with van der Waals surface area (Å²) < 4.78 is 4.88. The van der Waals surface area contributed by atoms with Crippen molar-refractivity contribution in [2.75, 3.05) is 20.8 Å². The fourth-order valence-electron chi connectivity index (χ4n) is 1.79. The third-order valence-corrected chi connectivity index (χ3v) is 3.64. The maximum Gasteiger partial charge on any atom is 0.241 e. The Morgan fingerprint density at radius 3 is 2.53 bits per heavy atom. The van der Waals surface area contributed by atoms with Crippen molar-refractivity contribution < 1.29 is 9.53 Å². The van der Waals surface area contributed by atoms with Crippen molar-refractivity contribution in [3.63, 3.8) is 0 Å². The first-order valence-electron chi connectivity index (χ1n) is 5.43. The number of nitrogens with zero attached hydrogens (tertiary/aromatic N) is 1. The second-order valence-corrected chi connectivity index (χ2v) is 4.84. The number of methoxy groups -OCH3 is 1. The number of ether oxygens (including phenoxy) is 1. The minimum atomic E-state index is -0.537. The van der Waals surface area contributed by atoms with Crippen LogP contribution in [0, 0.1) is 5.41 Å². The lowest BCUT2D eigenvalue weighted by Crippen LogP contribution is -2.49. The predicted molar refractivity (Wildman–Crippen MR) is 59.4 cm³/mol. The van der Waals surface area contributed by atoms with Crippen LogP contribution in [-0.2, 0) is 9.53 Å². The molecule has 1 aliphatic carbocycles. The number of carbonyl (C=O) groups is 1. The summed E-state index contributed by atoms with van der Waals surface area (Å²) in [6.45, 7) is 4.58. The van der Waals surface area contributed by atoms with Crippen LogP contribution in [0.1, 0.15) is 26.7 Å². The van der Waals surface area contributed by atoms with Gasteiger partial charge >= 0.3 is 0 Å². The van der Waals surface area contributed by atoms with Crippen molar-refractivity contribution >= 4 is 5.91 Å². The highest BCUT2D eigenvalue weighted by atomic mass is 16.5. The second-order valence-electron chi connectivity index (χ2n) is 4.84. The molecule has 2 atom stereocenters. The van der Waals surface area contributed by atoms with Gasteiger partial charge in [-0.25, -0.2) is 0 Å². The maximum atomic E-state index is 11.9. The van der Waals surface area contributed by atoms with E-state index in [9.17, 15) is 4.79 Å². The van der Waals surface area contributed by atoms with Crippen LogP contribution in [0.5, 0.6) is 0 Å². The first kappa shape index (κ1) is 12.5. The van der Waals surface area contributed by atoms with E-state index in [1.54, 1.807) is 12.0 Å². The van der Waals surface area contributed by atoms with E-state index in [0.717, 1.165) is 0 Å². The number of hydrogen-bond donors (Lipinski definition) is 1. The predicted octanol–water partition coefficient (Wildman–Crippen LogP) is 0.607. The van der Waals surface area contributed by atoms with E-state index in [1.807, 2.05) is 7.05 Å². The van der Waals surface area contributed by atoms with Gasteiger partial charge in [-0.1, -0.05) is 6.92 Å². The van der Waals surface area contributed by atoms with Gasteiger partial charge in [0, 0.05) is 20.2 Å². The number of hydrogen-bond acceptors (Lipinski definition) is 3. The number of nitrogens with two attached hydrogens (primary N) is 1. The monoisotopic (exact) mass is 214 g/mol. The molecule has 1 amide bonds. The molecular formula is C11H22N2O2. The van der Waals surface area contributed by atoms with Gasteiger partial charge in [-0.15, -0.1) is 0 Å². The molecule has 2 unspecified atom stereocenters. The first-order valence-corrected chi connectivity index (χ1v) is 5.43. The molecule has 0 bridgehead atoms. The molecule has 4 nitrogen and oxygen atoms in total. The molecule has 4 heteroatoms. The van der Waals surface area contributed by atoms with Crippen molar-refractivity contribution in [2.24, 2.45) is 11.1 Å². The van der Waals surface area contributed by atoms with Crippen molar-refractivity contribution in [1.82, 2.24) is 4.90 Å². The van der Waals surface area contributed by atoms with E-state index in [2.05, 4.69) is 13.8 Å². The molecule has 0 spiro atoms. The number of rotatable bonds is 5. The molecule has 0 aromatic carbocycles. The Kier molecular flexibility index (Phi) is 3.73. The van der Waals surface area contributed by atoms with Crippen LogP contribution < -0.4 is 5.73 Å². The summed E-state index contributed by atoms with van der Waals surface area (Å²) in [5.41, 5.74) is 6.02. The summed E-state index contributed by atoms with van der Waals surface area (Å²) in [7, 11) is 3.38. The molecule has 88 valence electrons. The normalized spacial score (nSPS) is 21.9. The molecular weight excluding hydrogens is 192 g/mol. The topological polar surface area (TPSA) is 55.6 Å². The summed E-state index contributed by atoms with van der Waals surface area (Å²) in [6.07, 6.45) is 2.40. The standard InChI is InChI=1S/C11H22N2O2/c1-8(11(2)5-6-11)13(3)10(14)9(12)7-15-4/h8-9H,5-7,12H2,1-4H3. The van der Waals surface area contributed by atoms with E-state index in [4.69, 9.17) is 10.5 Å². The zero-order valence-electron chi connectivity index (χ0n) is 10.1. The van der Waals surface area contributed by atoms with Gasteiger partial charge in [0.05, 0.1) is 6.61 Å². The summed E-state index contributed by atoms with van der Waals surface area (Å²) in [5, 5.41) is 0. The highest BCUT2D eigenvalue weighted by Crippen LogP contribution is 2.49. The van der Waals surface area contributed by atoms with Gasteiger partial charge in [0.1, 0.15) is 6.04 Å². The molecule has 0 radical (unpaired) electrons. The largest absolute Gasteiger partial charge is 0.383 e. The van der Waals surface area contributed by atoms with Gasteiger partial charge in [-0.2, -0.15) is 0 Å². The van der Waals surface area contributed by atoms with Crippen molar-refractivity contribution in [3.8, 4) is 0 Å². The van der Waals surface area contributed by atoms with Crippen LogP contribution in [-0.4, -0.2) is 43.7 Å². The fraction of sp³-hybridized carbons (Fsp3) is 0.909. The SMILES string of the molecule is COCC(N)C(=O)N(C)C(C)C1(C)CC1. The Labute approximate surface area is 91.8 Å². The maximum absolute atomic E-state index is 11.9. The third kappa shape index (κ3) is 2.69. The Hall–Kier alpha value is -0.610. The van der Waals surface area contributed by atoms with Crippen LogP contribution in [0.2, 0.25) is 0 Å². The van der Waals surface area contributed by atoms with Gasteiger partial charge in [0.15, 0.2) is 0 Å². The molecule has 1 saturated carbocycles. The second kappa shape index (κ2) is 4.49. The highest BCUT2D eigenvalue weighted by molar-refractivity contribution is 5.81. The Morgan fingerprint density at radius 2 is 2.13 bits per heavy atom. The summed E-state index contributed by atoms with van der Waals surface area (Å²) in [6, 6.07) is -0.280. The lowest BCUT2D eigenvalue weighted by Gasteiger charge is -2.31. The zero-order chi connectivity index (χ0) is 11.6. The van der Waals surface area contributed by atoms with E-state index >= 15 is 0 Å². The smallest absolute Gasteiger partial charge is 0.241 e. The minimum absolute atomic E-state index is 0.0301. The summed E-state index contributed by atoms with van der Waals surface area (Å²) >= 11 is 0. The minimum Gasteiger partial charge on any atom is -0.383 e. The summed E-state index contributed by atoms with van der Waals surface area (Å²) in [5.74, 6) is -0.0301. The average molecular weight is 214 g/mol. The van der Waals surface area contributed by atoms with E-state index < -0.39 is 6.04 Å². The Balaban J connectivity index is 2.51. The van der Waals surface area contributed by atoms with Crippen molar-refractivity contribution in [1.29, 1.82) is 0 Å². The first-order chi connectivity index (χ1) is 6.92. The molecule has 1 rings (SSSR count). The van der Waals surface area contributed by atoms with Crippen molar-refractivity contribution in [3.05, 3.63) is 0 Å². The summed E-state index contributed by atoms with van der Waals surface area (Å²) in [4.78, 5) is 13.6. The van der Waals surface area contributed by atoms with Gasteiger partial charge in [-0.05, 0) is 25.2 Å². The molecule has 0 heterocycles. The van der Waals surface area contributed by atoms with Crippen molar-refractivity contribution in [2.45, 2.75) is 38.8 Å². The number of amides is 1. The molecule has 0 aromatic rings. The van der Waals surface area contributed by atoms with Crippen LogP contribution in [0.15, 0.2) is 0 Å². The van der Waals surface area contributed by atoms with Crippen LogP contribution in [0.4, 0.5) is 0 Å². The molecule has 0 saturated heterocycles. The molecule has 2 N–H and O–H groups in total. The van der Waals surface area contributed by atoms with Crippen LogP contribution in [0.25, 0.3) is 0 Å². The quantitative estimate of drug-likeness (QED) is 0.729. The highest BCUT2D eigenvalue weighted by Gasteiger charge is 2.45. The molecule has 15 heavy (non-hydrogen) atoms. The van der Waals surface area contributed by atoms with E-state index in [-0.39, 0.29) is 18.6 Å².